The van der Waals surface area contributed by atoms with Crippen LogP contribution in [-0.2, 0) is 4.74 Å². The van der Waals surface area contributed by atoms with Gasteiger partial charge in [0, 0.05) is 31.0 Å². The number of ether oxygens (including phenoxy) is 1. The molecule has 2 atom stereocenters. The summed E-state index contributed by atoms with van der Waals surface area (Å²) >= 11 is 0. The summed E-state index contributed by atoms with van der Waals surface area (Å²) < 4.78 is 4.67. The van der Waals surface area contributed by atoms with E-state index in [0.717, 1.165) is 25.2 Å². The number of aromatic nitrogens is 1. The van der Waals surface area contributed by atoms with Gasteiger partial charge in [0.15, 0.2) is 0 Å². The number of carbonyl (C=O) groups excluding carboxylic acids is 1. The third-order valence-corrected chi connectivity index (χ3v) is 3.47. The van der Waals surface area contributed by atoms with Gasteiger partial charge in [-0.1, -0.05) is 0 Å². The summed E-state index contributed by atoms with van der Waals surface area (Å²) in [6.07, 6.45) is 2.73. The van der Waals surface area contributed by atoms with Crippen LogP contribution in [-0.4, -0.2) is 37.2 Å². The van der Waals surface area contributed by atoms with Crippen molar-refractivity contribution in [3.8, 4) is 0 Å². The fraction of sp³-hybridized carbons (Fsp3) is 0.538. The van der Waals surface area contributed by atoms with E-state index in [1.54, 1.807) is 12.3 Å². The minimum atomic E-state index is -0.403. The Morgan fingerprint density at radius 1 is 1.67 bits per heavy atom. The molecule has 0 bridgehead atoms. The molecule has 1 saturated heterocycles. The lowest BCUT2D eigenvalue weighted by Gasteiger charge is -2.20. The van der Waals surface area contributed by atoms with Crippen LogP contribution in [0.15, 0.2) is 18.3 Å². The molecule has 98 valence electrons. The van der Waals surface area contributed by atoms with Gasteiger partial charge in [-0.25, -0.2) is 9.78 Å². The van der Waals surface area contributed by atoms with Crippen molar-refractivity contribution in [2.45, 2.75) is 19.4 Å². The molecule has 2 N–H and O–H groups in total. The third-order valence-electron chi connectivity index (χ3n) is 3.47. The Hall–Kier alpha value is -1.62. The van der Waals surface area contributed by atoms with E-state index in [1.165, 1.54) is 7.11 Å². The molecule has 0 spiro atoms. The second-order valence-electron chi connectivity index (χ2n) is 4.74. The van der Waals surface area contributed by atoms with Crippen LogP contribution in [0, 0.1) is 5.92 Å². The number of hydrogen-bond donors (Lipinski definition) is 1. The van der Waals surface area contributed by atoms with Crippen LogP contribution < -0.4 is 10.6 Å². The first-order chi connectivity index (χ1) is 8.61. The molecule has 1 aliphatic heterocycles. The monoisotopic (exact) mass is 249 g/mol. The Balaban J connectivity index is 2.12. The Morgan fingerprint density at radius 3 is 3.06 bits per heavy atom. The number of methoxy groups -OCH3 is 1. The van der Waals surface area contributed by atoms with Gasteiger partial charge in [0.25, 0.3) is 0 Å². The first kappa shape index (κ1) is 12.8. The van der Waals surface area contributed by atoms with Gasteiger partial charge >= 0.3 is 5.97 Å². The van der Waals surface area contributed by atoms with Gasteiger partial charge in [0.1, 0.15) is 5.69 Å². The second-order valence-corrected chi connectivity index (χ2v) is 4.74. The molecule has 1 aromatic heterocycles. The van der Waals surface area contributed by atoms with Gasteiger partial charge < -0.3 is 15.4 Å². The Bertz CT molecular complexity index is 434. The summed E-state index contributed by atoms with van der Waals surface area (Å²) in [6, 6.07) is 3.89. The molecule has 1 aromatic rings. The van der Waals surface area contributed by atoms with Crippen molar-refractivity contribution >= 4 is 11.7 Å². The number of nitrogens with zero attached hydrogens (tertiary/aromatic N) is 2. The highest BCUT2D eigenvalue weighted by molar-refractivity contribution is 5.88. The van der Waals surface area contributed by atoms with Gasteiger partial charge in [-0.05, 0) is 31.4 Å². The van der Waals surface area contributed by atoms with Gasteiger partial charge in [-0.2, -0.15) is 0 Å². The number of rotatable bonds is 3. The van der Waals surface area contributed by atoms with Crippen LogP contribution in [0.3, 0.4) is 0 Å². The van der Waals surface area contributed by atoms with Crippen LogP contribution in [0.25, 0.3) is 0 Å². The van der Waals surface area contributed by atoms with E-state index in [-0.39, 0.29) is 6.04 Å². The van der Waals surface area contributed by atoms with Gasteiger partial charge in [-0.3, -0.25) is 0 Å². The van der Waals surface area contributed by atoms with E-state index in [9.17, 15) is 4.79 Å². The highest BCUT2D eigenvalue weighted by Crippen LogP contribution is 2.25. The van der Waals surface area contributed by atoms with E-state index in [0.29, 0.717) is 11.6 Å². The second kappa shape index (κ2) is 5.35. The Kier molecular flexibility index (Phi) is 3.81. The maximum absolute atomic E-state index is 11.4. The summed E-state index contributed by atoms with van der Waals surface area (Å²) in [5, 5.41) is 0. The normalized spacial score (nSPS) is 20.8. The van der Waals surface area contributed by atoms with Crippen LogP contribution in [0.1, 0.15) is 23.8 Å². The van der Waals surface area contributed by atoms with E-state index >= 15 is 0 Å². The molecule has 0 radical (unpaired) electrons. The summed E-state index contributed by atoms with van der Waals surface area (Å²) in [6.45, 7) is 3.94. The van der Waals surface area contributed by atoms with Crippen molar-refractivity contribution < 1.29 is 9.53 Å². The number of esters is 1. The highest BCUT2D eigenvalue weighted by atomic mass is 16.5. The van der Waals surface area contributed by atoms with Crippen molar-refractivity contribution in [3.05, 3.63) is 24.0 Å². The lowest BCUT2D eigenvalue weighted by atomic mass is 10.0. The summed E-state index contributed by atoms with van der Waals surface area (Å²) in [7, 11) is 1.36. The first-order valence-corrected chi connectivity index (χ1v) is 6.16. The molecule has 5 heteroatoms. The molecule has 5 nitrogen and oxygen atoms in total. The number of anilines is 1. The molecule has 0 aromatic carbocycles. The summed E-state index contributed by atoms with van der Waals surface area (Å²) in [5.41, 5.74) is 7.28. The SMILES string of the molecule is COC(=O)c1cc(N2CCC(C(C)N)C2)ccn1. The van der Waals surface area contributed by atoms with Gasteiger partial charge in [0.05, 0.1) is 7.11 Å². The van der Waals surface area contributed by atoms with E-state index in [4.69, 9.17) is 5.73 Å². The lowest BCUT2D eigenvalue weighted by Crippen LogP contribution is -2.29. The van der Waals surface area contributed by atoms with Crippen LogP contribution in [0.4, 0.5) is 5.69 Å². The lowest BCUT2D eigenvalue weighted by molar-refractivity contribution is 0.0594. The van der Waals surface area contributed by atoms with Crippen molar-refractivity contribution in [1.82, 2.24) is 4.98 Å². The van der Waals surface area contributed by atoms with Gasteiger partial charge in [0.2, 0.25) is 0 Å². The van der Waals surface area contributed by atoms with E-state index in [1.807, 2.05) is 13.0 Å². The molecule has 2 unspecified atom stereocenters. The minimum absolute atomic E-state index is 0.205. The Labute approximate surface area is 107 Å². The molecule has 1 fully saturated rings. The fourth-order valence-corrected chi connectivity index (χ4v) is 2.28. The topological polar surface area (TPSA) is 68.5 Å². The molecule has 0 amide bonds. The molecule has 0 aliphatic carbocycles. The smallest absolute Gasteiger partial charge is 0.356 e. The predicted molar refractivity (Wildman–Crippen MR) is 69.5 cm³/mol. The first-order valence-electron chi connectivity index (χ1n) is 6.16. The largest absolute Gasteiger partial charge is 0.464 e. The maximum Gasteiger partial charge on any atom is 0.356 e. The average molecular weight is 249 g/mol. The zero-order valence-electron chi connectivity index (χ0n) is 10.8. The molecule has 2 rings (SSSR count). The molecular weight excluding hydrogens is 230 g/mol. The minimum Gasteiger partial charge on any atom is -0.464 e. The number of hydrogen-bond acceptors (Lipinski definition) is 5. The number of carbonyl (C=O) groups is 1. The van der Waals surface area contributed by atoms with Crippen LogP contribution >= 0.6 is 0 Å². The fourth-order valence-electron chi connectivity index (χ4n) is 2.28. The third kappa shape index (κ3) is 2.61. The zero-order chi connectivity index (χ0) is 13.1. The maximum atomic E-state index is 11.4. The van der Waals surface area contributed by atoms with Crippen LogP contribution in [0.2, 0.25) is 0 Å². The van der Waals surface area contributed by atoms with Gasteiger partial charge in [-0.15, -0.1) is 0 Å². The molecule has 18 heavy (non-hydrogen) atoms. The van der Waals surface area contributed by atoms with Crippen molar-refractivity contribution in [2.24, 2.45) is 11.7 Å². The van der Waals surface area contributed by atoms with Crippen molar-refractivity contribution in [1.29, 1.82) is 0 Å². The Morgan fingerprint density at radius 2 is 2.44 bits per heavy atom. The highest BCUT2D eigenvalue weighted by Gasteiger charge is 2.25. The quantitative estimate of drug-likeness (QED) is 0.811. The molecule has 0 saturated carbocycles. The van der Waals surface area contributed by atoms with Crippen molar-refractivity contribution in [3.63, 3.8) is 0 Å². The average Bonchev–Trinajstić information content (AvgIpc) is 2.88. The van der Waals surface area contributed by atoms with Crippen LogP contribution in [0.5, 0.6) is 0 Å². The summed E-state index contributed by atoms with van der Waals surface area (Å²) in [4.78, 5) is 17.7. The van der Waals surface area contributed by atoms with E-state index in [2.05, 4.69) is 14.6 Å². The van der Waals surface area contributed by atoms with Crippen molar-refractivity contribution in [2.75, 3.05) is 25.1 Å². The van der Waals surface area contributed by atoms with E-state index < -0.39 is 5.97 Å². The number of pyridine rings is 1. The standard InChI is InChI=1S/C13H19N3O2/c1-9(14)10-4-6-16(8-10)11-3-5-15-12(7-11)13(17)18-2/h3,5,7,9-10H,4,6,8,14H2,1-2H3. The molecular formula is C13H19N3O2. The summed E-state index contributed by atoms with van der Waals surface area (Å²) in [5.74, 6) is 0.111. The zero-order valence-corrected chi connectivity index (χ0v) is 10.8. The molecule has 1 aliphatic rings. The molecule has 2 heterocycles. The number of nitrogens with two attached hydrogens (primary N) is 1. The predicted octanol–water partition coefficient (Wildman–Crippen LogP) is 1.04.